The van der Waals surface area contributed by atoms with Crippen LogP contribution in [0.4, 0.5) is 0 Å². The van der Waals surface area contributed by atoms with Crippen molar-refractivity contribution in [2.45, 2.75) is 224 Å². The molecule has 0 N–H and O–H groups in total. The van der Waals surface area contributed by atoms with E-state index in [2.05, 4.69) is 32.0 Å². The van der Waals surface area contributed by atoms with Crippen molar-refractivity contribution in [3.8, 4) is 0 Å². The summed E-state index contributed by atoms with van der Waals surface area (Å²) < 4.78 is 0. The molecule has 1 rings (SSSR count). The molecule has 0 saturated carbocycles. The average molecular weight is 747 g/mol. The molecule has 0 radical (unpaired) electrons. The largest absolute Gasteiger partial charge is 2.00 e. The fourth-order valence-corrected chi connectivity index (χ4v) is 9.24. The van der Waals surface area contributed by atoms with E-state index in [4.69, 9.17) is 11.8 Å². The van der Waals surface area contributed by atoms with Crippen molar-refractivity contribution in [1.29, 1.82) is 0 Å². The second-order valence-corrected chi connectivity index (χ2v) is 19.5. The molecule has 0 amide bonds. The summed E-state index contributed by atoms with van der Waals surface area (Å²) in [6.07, 6.45) is 43.0. The minimum absolute atomic E-state index is 0. The summed E-state index contributed by atoms with van der Waals surface area (Å²) in [4.78, 5) is 24.9. The summed E-state index contributed by atoms with van der Waals surface area (Å²) in [5.74, 6) is 0. The number of unbranched alkanes of at least 4 members (excludes halogenated alkanes) is 28. The minimum Gasteiger partial charge on any atom is -0.824 e. The van der Waals surface area contributed by atoms with Crippen LogP contribution in [0.1, 0.15) is 218 Å². The van der Waals surface area contributed by atoms with Gasteiger partial charge in [-0.2, -0.15) is 5.69 Å². The van der Waals surface area contributed by atoms with Crippen molar-refractivity contribution in [2.75, 3.05) is 0 Å². The van der Waals surface area contributed by atoms with Crippen molar-refractivity contribution in [2.24, 2.45) is 0 Å². The molecule has 2 nitrogen and oxygen atoms in total. The van der Waals surface area contributed by atoms with Crippen molar-refractivity contribution >= 4 is 28.9 Å². The van der Waals surface area contributed by atoms with Gasteiger partial charge in [0.25, 0.3) is 0 Å². The summed E-state index contributed by atoms with van der Waals surface area (Å²) in [5.41, 5.74) is -1.40. The maximum absolute atomic E-state index is 12.0. The van der Waals surface area contributed by atoms with Crippen LogP contribution in [0.25, 0.3) is 0 Å². The van der Waals surface area contributed by atoms with E-state index in [0.717, 1.165) is 41.1 Å². The zero-order valence-corrected chi connectivity index (χ0v) is 36.1. The minimum atomic E-state index is -3.82. The van der Waals surface area contributed by atoms with E-state index in [9.17, 15) is 9.79 Å². The molecule has 0 aliphatic rings. The van der Waals surface area contributed by atoms with Gasteiger partial charge in [-0.15, -0.1) is 23.2 Å². The number of rotatable bonds is 34. The SMILES string of the molecule is CCCCCCCCCCCCCCCCCc1ccc(CCCCCCCCCCCCCCCCC)c(SP([O-])([O-])=S)c1.[Zn+2]. The van der Waals surface area contributed by atoms with Crippen LogP contribution in [-0.2, 0) is 44.1 Å². The second kappa shape index (κ2) is 34.2. The summed E-state index contributed by atoms with van der Waals surface area (Å²) in [7, 11) is 0. The number of hydrogen-bond donors (Lipinski definition) is 0. The monoisotopic (exact) mass is 744 g/mol. The summed E-state index contributed by atoms with van der Waals surface area (Å²) in [6, 6.07) is 6.52. The Morgan fingerprint density at radius 2 is 0.783 bits per heavy atom. The zero-order valence-electron chi connectivity index (χ0n) is 30.6. The van der Waals surface area contributed by atoms with Crippen LogP contribution >= 0.6 is 17.1 Å². The van der Waals surface area contributed by atoms with Crippen LogP contribution in [0.3, 0.4) is 0 Å². The Bertz CT molecular complexity index is 831. The van der Waals surface area contributed by atoms with Crippen LogP contribution in [-0.4, -0.2) is 0 Å². The Balaban J connectivity index is 0.0000202. The molecule has 0 aliphatic heterocycles. The van der Waals surface area contributed by atoms with E-state index in [1.807, 2.05) is 0 Å². The van der Waals surface area contributed by atoms with Crippen LogP contribution in [0.5, 0.6) is 0 Å². The molecule has 0 bridgehead atoms. The number of hydrogen-bond acceptors (Lipinski definition) is 4. The predicted molar refractivity (Wildman–Crippen MR) is 204 cm³/mol. The van der Waals surface area contributed by atoms with Gasteiger partial charge >= 0.3 is 19.5 Å². The molecular weight excluding hydrogens is 673 g/mol. The molecule has 46 heavy (non-hydrogen) atoms. The summed E-state index contributed by atoms with van der Waals surface area (Å²) >= 11 is 5.70. The van der Waals surface area contributed by atoms with Gasteiger partial charge in [-0.3, -0.25) is 0 Å². The van der Waals surface area contributed by atoms with Crippen molar-refractivity contribution in [3.63, 3.8) is 0 Å². The van der Waals surface area contributed by atoms with Crippen molar-refractivity contribution in [1.82, 2.24) is 0 Å². The molecule has 0 heterocycles. The van der Waals surface area contributed by atoms with E-state index in [-0.39, 0.29) is 19.5 Å². The van der Waals surface area contributed by atoms with Gasteiger partial charge in [0.05, 0.1) is 0 Å². The fraction of sp³-hybridized carbons (Fsp3) is 0.850. The van der Waals surface area contributed by atoms with E-state index in [1.54, 1.807) is 0 Å². The molecule has 1 aromatic carbocycles. The summed E-state index contributed by atoms with van der Waals surface area (Å²) in [5, 5.41) is 0. The van der Waals surface area contributed by atoms with Crippen LogP contribution in [0.2, 0.25) is 0 Å². The topological polar surface area (TPSA) is 46.1 Å². The third-order valence-electron chi connectivity index (χ3n) is 9.46. The Labute approximate surface area is 309 Å². The molecule has 0 spiro atoms. The third-order valence-corrected chi connectivity index (χ3v) is 12.2. The maximum atomic E-state index is 12.0. The smallest absolute Gasteiger partial charge is 0.824 e. The standard InChI is InChI=1S/C40H75O2PS2.Zn/c1-3-5-7-9-11-13-15-17-19-21-23-25-27-29-31-33-38-35-36-39(40(37-38)45-43(41,42)44)34-32-30-28-26-24-22-20-18-16-14-12-10-8-6-4-2;/h35-37H,3-34H2,1-2H3,(H2,41,42,44);/q;+2/p-2. The first-order valence-corrected chi connectivity index (χ1v) is 23.9. The molecule has 0 unspecified atom stereocenters. The molecule has 264 valence electrons. The normalized spacial score (nSPS) is 11.7. The van der Waals surface area contributed by atoms with Crippen molar-refractivity contribution in [3.05, 3.63) is 29.3 Å². The Kier molecular flexibility index (Phi) is 34.8. The molecule has 0 aromatic heterocycles. The van der Waals surface area contributed by atoms with Gasteiger partial charge in [-0.05, 0) is 42.9 Å². The molecule has 6 heteroatoms. The molecule has 1 aromatic rings. The number of aryl methyl sites for hydroxylation is 2. The van der Waals surface area contributed by atoms with Gasteiger partial charge in [0.1, 0.15) is 0 Å². The first-order chi connectivity index (χ1) is 22.0. The zero-order chi connectivity index (χ0) is 32.7. The van der Waals surface area contributed by atoms with E-state index < -0.39 is 5.69 Å². The first-order valence-electron chi connectivity index (χ1n) is 19.8. The predicted octanol–water partition coefficient (Wildman–Crippen LogP) is 13.5. The van der Waals surface area contributed by atoms with Gasteiger partial charge < -0.3 is 9.79 Å². The van der Waals surface area contributed by atoms with Crippen LogP contribution < -0.4 is 9.79 Å². The first kappa shape index (κ1) is 46.8. The molecule has 0 saturated heterocycles. The molecule has 0 fully saturated rings. The number of benzene rings is 1. The van der Waals surface area contributed by atoms with Gasteiger partial charge in [0, 0.05) is 4.90 Å². The molecule has 0 atom stereocenters. The third kappa shape index (κ3) is 30.8. The summed E-state index contributed by atoms with van der Waals surface area (Å²) in [6.45, 7) is 4.57. The average Bonchev–Trinajstić information content (AvgIpc) is 3.01. The Hall–Kier alpha value is 0.763. The quantitative estimate of drug-likeness (QED) is 0.0400. The van der Waals surface area contributed by atoms with E-state index >= 15 is 0 Å². The maximum Gasteiger partial charge on any atom is 2.00 e. The fourth-order valence-electron chi connectivity index (χ4n) is 6.55. The van der Waals surface area contributed by atoms with E-state index in [0.29, 0.717) is 0 Å². The van der Waals surface area contributed by atoms with Gasteiger partial charge in [0.2, 0.25) is 0 Å². The second-order valence-electron chi connectivity index (χ2n) is 13.9. The van der Waals surface area contributed by atoms with Crippen molar-refractivity contribution < 1.29 is 29.3 Å². The van der Waals surface area contributed by atoms with Crippen LogP contribution in [0, 0.1) is 0 Å². The van der Waals surface area contributed by atoms with Gasteiger partial charge in [-0.1, -0.05) is 206 Å². The molecular formula is C40H73O2PS2Zn. The Morgan fingerprint density at radius 3 is 1.11 bits per heavy atom. The van der Waals surface area contributed by atoms with E-state index in [1.165, 1.54) is 192 Å². The van der Waals surface area contributed by atoms with Gasteiger partial charge in [0.15, 0.2) is 0 Å². The van der Waals surface area contributed by atoms with Crippen LogP contribution in [0.15, 0.2) is 23.1 Å². The van der Waals surface area contributed by atoms with Gasteiger partial charge in [-0.25, -0.2) is 0 Å². The molecule has 0 aliphatic carbocycles. The Morgan fingerprint density at radius 1 is 0.478 bits per heavy atom.